The topological polar surface area (TPSA) is 77.6 Å². The van der Waals surface area contributed by atoms with Crippen molar-refractivity contribution in [3.8, 4) is 0 Å². The Morgan fingerprint density at radius 2 is 1.95 bits per heavy atom. The molecule has 0 aliphatic heterocycles. The van der Waals surface area contributed by atoms with Crippen LogP contribution in [0.1, 0.15) is 44.6 Å². The Morgan fingerprint density at radius 1 is 1.33 bits per heavy atom. The first kappa shape index (κ1) is 17.1. The van der Waals surface area contributed by atoms with Crippen molar-refractivity contribution in [1.82, 2.24) is 9.47 Å². The highest BCUT2D eigenvalue weighted by atomic mass is 16.5. The van der Waals surface area contributed by atoms with Gasteiger partial charge in [0, 0.05) is 25.8 Å². The normalized spacial score (nSPS) is 12.0. The molecular weight excluding hydrogens is 270 g/mol. The van der Waals surface area contributed by atoms with Crippen LogP contribution in [0.3, 0.4) is 0 Å². The van der Waals surface area contributed by atoms with Crippen molar-refractivity contribution in [3.05, 3.63) is 18.0 Å². The molecule has 1 heterocycles. The fourth-order valence-electron chi connectivity index (χ4n) is 2.19. The number of nitrogens with two attached hydrogens (primary N) is 1. The van der Waals surface area contributed by atoms with Gasteiger partial charge in [0.15, 0.2) is 6.10 Å². The molecule has 6 heteroatoms. The number of nitrogen functional groups attached to an aromatic ring is 1. The molecule has 0 spiro atoms. The Morgan fingerprint density at radius 3 is 2.48 bits per heavy atom. The number of ether oxygens (including phenoxy) is 1. The maximum atomic E-state index is 12.2. The summed E-state index contributed by atoms with van der Waals surface area (Å²) in [5.74, 6) is -0.705. The van der Waals surface area contributed by atoms with Crippen LogP contribution in [-0.4, -0.2) is 40.5 Å². The molecule has 0 saturated carbocycles. The highest BCUT2D eigenvalue weighted by molar-refractivity contribution is 5.92. The molecule has 1 aromatic rings. The first-order valence-electron chi connectivity index (χ1n) is 7.39. The number of amides is 1. The van der Waals surface area contributed by atoms with Crippen LogP contribution in [-0.2, 0) is 16.1 Å². The van der Waals surface area contributed by atoms with E-state index in [1.54, 1.807) is 28.7 Å². The van der Waals surface area contributed by atoms with Crippen molar-refractivity contribution in [1.29, 1.82) is 0 Å². The zero-order valence-electron chi connectivity index (χ0n) is 13.3. The number of carbonyl (C=O) groups is 2. The Labute approximate surface area is 125 Å². The lowest BCUT2D eigenvalue weighted by atomic mass is 10.3. The molecule has 0 bridgehead atoms. The summed E-state index contributed by atoms with van der Waals surface area (Å²) in [5.41, 5.74) is 6.62. The van der Waals surface area contributed by atoms with Gasteiger partial charge >= 0.3 is 5.97 Å². The van der Waals surface area contributed by atoms with Gasteiger partial charge in [-0.1, -0.05) is 6.92 Å². The van der Waals surface area contributed by atoms with E-state index in [1.807, 2.05) is 20.8 Å². The van der Waals surface area contributed by atoms with Crippen LogP contribution in [0.25, 0.3) is 0 Å². The third-order valence-corrected chi connectivity index (χ3v) is 3.30. The summed E-state index contributed by atoms with van der Waals surface area (Å²) in [5, 5.41) is 0. The van der Waals surface area contributed by atoms with Gasteiger partial charge in [0.2, 0.25) is 0 Å². The van der Waals surface area contributed by atoms with Crippen molar-refractivity contribution < 1.29 is 14.3 Å². The fourth-order valence-corrected chi connectivity index (χ4v) is 2.19. The maximum Gasteiger partial charge on any atom is 0.355 e. The number of rotatable bonds is 7. The van der Waals surface area contributed by atoms with Gasteiger partial charge in [-0.25, -0.2) is 4.79 Å². The molecule has 1 aromatic heterocycles. The largest absolute Gasteiger partial charge is 0.448 e. The molecular formula is C15H25N3O3. The maximum absolute atomic E-state index is 12.2. The second-order valence-electron chi connectivity index (χ2n) is 4.91. The predicted molar refractivity (Wildman–Crippen MR) is 81.9 cm³/mol. The smallest absolute Gasteiger partial charge is 0.355 e. The van der Waals surface area contributed by atoms with Crippen molar-refractivity contribution in [3.63, 3.8) is 0 Å². The average molecular weight is 295 g/mol. The Kier molecular flexibility index (Phi) is 6.27. The molecule has 21 heavy (non-hydrogen) atoms. The Hall–Kier alpha value is -1.98. The van der Waals surface area contributed by atoms with Crippen LogP contribution >= 0.6 is 0 Å². The third-order valence-electron chi connectivity index (χ3n) is 3.30. The van der Waals surface area contributed by atoms with Gasteiger partial charge in [0.05, 0.1) is 5.69 Å². The average Bonchev–Trinajstić information content (AvgIpc) is 2.81. The number of hydrogen-bond donors (Lipinski definition) is 1. The number of hydrogen-bond acceptors (Lipinski definition) is 4. The van der Waals surface area contributed by atoms with Crippen molar-refractivity contribution >= 4 is 17.6 Å². The summed E-state index contributed by atoms with van der Waals surface area (Å²) < 4.78 is 7.03. The molecule has 1 rings (SSSR count). The van der Waals surface area contributed by atoms with Gasteiger partial charge in [-0.05, 0) is 33.3 Å². The molecule has 1 amide bonds. The first-order chi connectivity index (χ1) is 9.94. The minimum absolute atomic E-state index is 0.185. The summed E-state index contributed by atoms with van der Waals surface area (Å²) in [4.78, 5) is 25.9. The lowest BCUT2D eigenvalue weighted by Crippen LogP contribution is -2.39. The van der Waals surface area contributed by atoms with Crippen molar-refractivity contribution in [2.24, 2.45) is 0 Å². The van der Waals surface area contributed by atoms with Crippen LogP contribution in [0, 0.1) is 0 Å². The fraction of sp³-hybridized carbons (Fsp3) is 0.600. The van der Waals surface area contributed by atoms with E-state index in [2.05, 4.69) is 0 Å². The summed E-state index contributed by atoms with van der Waals surface area (Å²) in [6.45, 7) is 9.26. The molecule has 0 aromatic carbocycles. The molecule has 0 fully saturated rings. The van der Waals surface area contributed by atoms with E-state index < -0.39 is 12.1 Å². The van der Waals surface area contributed by atoms with E-state index >= 15 is 0 Å². The molecule has 0 aliphatic rings. The predicted octanol–water partition coefficient (Wildman–Crippen LogP) is 1.89. The third kappa shape index (κ3) is 4.24. The number of aromatic nitrogens is 1. The van der Waals surface area contributed by atoms with Crippen molar-refractivity contribution in [2.75, 3.05) is 18.8 Å². The van der Waals surface area contributed by atoms with Gasteiger partial charge in [0.25, 0.3) is 5.91 Å². The van der Waals surface area contributed by atoms with Crippen molar-refractivity contribution in [2.45, 2.75) is 46.8 Å². The summed E-state index contributed by atoms with van der Waals surface area (Å²) >= 11 is 0. The molecule has 0 saturated heterocycles. The van der Waals surface area contributed by atoms with E-state index in [1.165, 1.54) is 0 Å². The number of likely N-dealkylation sites (N-methyl/N-ethyl adjacent to an activating group) is 1. The number of aryl methyl sites for hydroxylation is 1. The van der Waals surface area contributed by atoms with Crippen LogP contribution in [0.2, 0.25) is 0 Å². The SMILES string of the molecule is CCCn1cc(N)cc1C(=O)OC(C)C(=O)N(CC)CC. The van der Waals surface area contributed by atoms with Gasteiger partial charge in [-0.3, -0.25) is 4.79 Å². The quantitative estimate of drug-likeness (QED) is 0.779. The number of nitrogens with zero attached hydrogens (tertiary/aromatic N) is 2. The summed E-state index contributed by atoms with van der Waals surface area (Å²) in [7, 11) is 0. The Bertz CT molecular complexity index is 492. The van der Waals surface area contributed by atoms with Gasteiger partial charge in [-0.2, -0.15) is 0 Å². The van der Waals surface area contributed by atoms with E-state index in [0.29, 0.717) is 31.0 Å². The second-order valence-corrected chi connectivity index (χ2v) is 4.91. The summed E-state index contributed by atoms with van der Waals surface area (Å²) in [6, 6.07) is 1.58. The van der Waals surface area contributed by atoms with Crippen LogP contribution in [0.5, 0.6) is 0 Å². The molecule has 1 atom stereocenters. The van der Waals surface area contributed by atoms with E-state index in [9.17, 15) is 9.59 Å². The number of esters is 1. The molecule has 1 unspecified atom stereocenters. The zero-order chi connectivity index (χ0) is 16.0. The minimum Gasteiger partial charge on any atom is -0.448 e. The standard InChI is InChI=1S/C15H25N3O3/c1-5-8-18-10-12(16)9-13(18)15(20)21-11(4)14(19)17(6-2)7-3/h9-11H,5-8,16H2,1-4H3. The highest BCUT2D eigenvalue weighted by Crippen LogP contribution is 2.14. The Balaban J connectivity index is 2.79. The van der Waals surface area contributed by atoms with Crippen LogP contribution in [0.4, 0.5) is 5.69 Å². The highest BCUT2D eigenvalue weighted by Gasteiger charge is 2.24. The number of carbonyl (C=O) groups excluding carboxylic acids is 2. The first-order valence-corrected chi connectivity index (χ1v) is 7.39. The zero-order valence-corrected chi connectivity index (χ0v) is 13.3. The number of anilines is 1. The van der Waals surface area contributed by atoms with Gasteiger partial charge < -0.3 is 19.9 Å². The van der Waals surface area contributed by atoms with Gasteiger partial charge in [0.1, 0.15) is 5.69 Å². The molecule has 0 radical (unpaired) electrons. The molecule has 6 nitrogen and oxygen atoms in total. The second kappa shape index (κ2) is 7.71. The lowest BCUT2D eigenvalue weighted by molar-refractivity contribution is -0.139. The minimum atomic E-state index is -0.802. The molecule has 0 aliphatic carbocycles. The summed E-state index contributed by atoms with van der Waals surface area (Å²) in [6.07, 6.45) is 1.78. The monoisotopic (exact) mass is 295 g/mol. The van der Waals surface area contributed by atoms with Crippen LogP contribution in [0.15, 0.2) is 12.3 Å². The lowest BCUT2D eigenvalue weighted by Gasteiger charge is -2.22. The van der Waals surface area contributed by atoms with Gasteiger partial charge in [-0.15, -0.1) is 0 Å². The molecule has 2 N–H and O–H groups in total. The van der Waals surface area contributed by atoms with Crippen LogP contribution < -0.4 is 5.73 Å². The molecule has 118 valence electrons. The van der Waals surface area contributed by atoms with E-state index in [-0.39, 0.29) is 5.91 Å². The van der Waals surface area contributed by atoms with E-state index in [0.717, 1.165) is 6.42 Å². The van der Waals surface area contributed by atoms with E-state index in [4.69, 9.17) is 10.5 Å².